The number of imidazole rings is 1. The minimum Gasteiger partial charge on any atom is -0.383 e. The van der Waals surface area contributed by atoms with Gasteiger partial charge in [-0.05, 0) is 24.6 Å². The van der Waals surface area contributed by atoms with Gasteiger partial charge >= 0.3 is 0 Å². The number of halogens is 1. The molecule has 0 aliphatic rings. The van der Waals surface area contributed by atoms with Gasteiger partial charge in [-0.1, -0.05) is 41.4 Å². The Hall–Kier alpha value is -2.00. The van der Waals surface area contributed by atoms with E-state index in [9.17, 15) is 0 Å². The largest absolute Gasteiger partial charge is 0.383 e. The highest BCUT2D eigenvalue weighted by molar-refractivity contribution is 6.33. The van der Waals surface area contributed by atoms with Crippen LogP contribution in [0.15, 0.2) is 42.6 Å². The maximum Gasteiger partial charge on any atom is 0.157 e. The van der Waals surface area contributed by atoms with Gasteiger partial charge in [0.2, 0.25) is 0 Å². The Labute approximate surface area is 116 Å². The fraction of sp³-hybridized carbons (Fsp3) is 0.133. The Bertz CT molecular complexity index is 729. The van der Waals surface area contributed by atoms with Gasteiger partial charge < -0.3 is 5.73 Å². The molecule has 1 aromatic carbocycles. The van der Waals surface area contributed by atoms with Crippen molar-refractivity contribution in [2.45, 2.75) is 13.3 Å². The number of nitrogen functional groups attached to an aromatic ring is 1. The summed E-state index contributed by atoms with van der Waals surface area (Å²) >= 11 is 6.13. The molecule has 0 unspecified atom stereocenters. The Morgan fingerprint density at radius 2 is 1.95 bits per heavy atom. The highest BCUT2D eigenvalue weighted by Crippen LogP contribution is 2.23. The molecule has 0 amide bonds. The van der Waals surface area contributed by atoms with E-state index < -0.39 is 0 Å². The maximum atomic E-state index is 6.13. The van der Waals surface area contributed by atoms with E-state index in [4.69, 9.17) is 17.3 Å². The van der Waals surface area contributed by atoms with Crippen LogP contribution in [0.1, 0.15) is 16.8 Å². The van der Waals surface area contributed by atoms with E-state index in [-0.39, 0.29) is 0 Å². The van der Waals surface area contributed by atoms with Crippen LogP contribution in [0.3, 0.4) is 0 Å². The number of nitrogens with two attached hydrogens (primary N) is 1. The summed E-state index contributed by atoms with van der Waals surface area (Å²) in [6.45, 7) is 2.07. The van der Waals surface area contributed by atoms with Crippen LogP contribution in [-0.2, 0) is 6.42 Å². The van der Waals surface area contributed by atoms with E-state index in [1.54, 1.807) is 0 Å². The molecule has 0 fully saturated rings. The number of pyridine rings is 1. The number of hydrogen-bond donors (Lipinski definition) is 1. The first-order valence-electron chi connectivity index (χ1n) is 6.11. The SMILES string of the molecule is Cc1ccc(Cc2nc3c(Cl)cccn3c2N)cc1. The van der Waals surface area contributed by atoms with Gasteiger partial charge in [0.15, 0.2) is 5.65 Å². The lowest BCUT2D eigenvalue weighted by molar-refractivity contribution is 1.12. The lowest BCUT2D eigenvalue weighted by atomic mass is 10.1. The Morgan fingerprint density at radius 3 is 2.63 bits per heavy atom. The molecule has 0 saturated carbocycles. The van der Waals surface area contributed by atoms with Gasteiger partial charge in [-0.25, -0.2) is 4.98 Å². The first-order chi connectivity index (χ1) is 9.15. The Kier molecular flexibility index (Phi) is 2.91. The normalized spacial score (nSPS) is 11.1. The standard InChI is InChI=1S/C15H14ClN3/c1-10-4-6-11(7-5-10)9-13-14(17)19-8-2-3-12(16)15(19)18-13/h2-8H,9,17H2,1H3. The number of nitrogens with zero attached hydrogens (tertiary/aromatic N) is 2. The molecule has 3 rings (SSSR count). The van der Waals surface area contributed by atoms with Crippen LogP contribution in [0.25, 0.3) is 5.65 Å². The van der Waals surface area contributed by atoms with Gasteiger partial charge in [0, 0.05) is 12.6 Å². The van der Waals surface area contributed by atoms with E-state index in [2.05, 4.69) is 36.2 Å². The second-order valence-corrected chi connectivity index (χ2v) is 5.06. The maximum absolute atomic E-state index is 6.13. The summed E-state index contributed by atoms with van der Waals surface area (Å²) in [5, 5.41) is 0.615. The van der Waals surface area contributed by atoms with Crippen molar-refractivity contribution in [2.75, 3.05) is 5.73 Å². The number of rotatable bonds is 2. The van der Waals surface area contributed by atoms with Crippen LogP contribution in [0, 0.1) is 6.92 Å². The summed E-state index contributed by atoms with van der Waals surface area (Å²) in [7, 11) is 0. The fourth-order valence-corrected chi connectivity index (χ4v) is 2.34. The molecule has 0 saturated heterocycles. The Balaban J connectivity index is 2.03. The first-order valence-corrected chi connectivity index (χ1v) is 6.49. The number of hydrogen-bond acceptors (Lipinski definition) is 2. The van der Waals surface area contributed by atoms with E-state index >= 15 is 0 Å². The molecular weight excluding hydrogens is 258 g/mol. The number of fused-ring (bicyclic) bond motifs is 1. The zero-order valence-electron chi connectivity index (χ0n) is 10.6. The predicted octanol–water partition coefficient (Wildman–Crippen LogP) is 3.47. The molecule has 3 aromatic rings. The van der Waals surface area contributed by atoms with Crippen molar-refractivity contribution in [1.82, 2.24) is 9.38 Å². The third-order valence-corrected chi connectivity index (χ3v) is 3.50. The highest BCUT2D eigenvalue weighted by Gasteiger charge is 2.11. The number of anilines is 1. The second kappa shape index (κ2) is 4.59. The molecular formula is C15H14ClN3. The summed E-state index contributed by atoms with van der Waals surface area (Å²) in [6, 6.07) is 12.1. The van der Waals surface area contributed by atoms with Crippen LogP contribution in [0.5, 0.6) is 0 Å². The van der Waals surface area contributed by atoms with E-state index in [1.165, 1.54) is 11.1 Å². The number of aryl methyl sites for hydroxylation is 1. The first kappa shape index (κ1) is 12.1. The monoisotopic (exact) mass is 271 g/mol. The van der Waals surface area contributed by atoms with Gasteiger partial charge in [-0.15, -0.1) is 0 Å². The summed E-state index contributed by atoms with van der Waals surface area (Å²) in [6.07, 6.45) is 2.59. The van der Waals surface area contributed by atoms with Gasteiger partial charge in [0.05, 0.1) is 10.7 Å². The molecule has 0 bridgehead atoms. The smallest absolute Gasteiger partial charge is 0.157 e. The molecule has 0 aliphatic heterocycles. The molecule has 0 atom stereocenters. The van der Waals surface area contributed by atoms with Crippen molar-refractivity contribution in [3.05, 3.63) is 64.4 Å². The van der Waals surface area contributed by atoms with Crippen LogP contribution in [0.4, 0.5) is 5.82 Å². The minimum absolute atomic E-state index is 0.615. The van der Waals surface area contributed by atoms with Crippen molar-refractivity contribution in [3.63, 3.8) is 0 Å². The molecule has 3 nitrogen and oxygen atoms in total. The van der Waals surface area contributed by atoms with Crippen molar-refractivity contribution in [2.24, 2.45) is 0 Å². The third kappa shape index (κ3) is 2.17. The average molecular weight is 272 g/mol. The van der Waals surface area contributed by atoms with Crippen molar-refractivity contribution in [3.8, 4) is 0 Å². The summed E-state index contributed by atoms with van der Waals surface area (Å²) < 4.78 is 1.83. The summed E-state index contributed by atoms with van der Waals surface area (Å²) in [4.78, 5) is 4.54. The molecule has 2 aromatic heterocycles. The van der Waals surface area contributed by atoms with Crippen LogP contribution >= 0.6 is 11.6 Å². The van der Waals surface area contributed by atoms with E-state index in [0.29, 0.717) is 22.9 Å². The van der Waals surface area contributed by atoms with Crippen LogP contribution < -0.4 is 5.73 Å². The highest BCUT2D eigenvalue weighted by atomic mass is 35.5. The van der Waals surface area contributed by atoms with E-state index in [1.807, 2.05) is 22.7 Å². The zero-order valence-corrected chi connectivity index (χ0v) is 11.4. The van der Waals surface area contributed by atoms with Crippen LogP contribution in [0.2, 0.25) is 5.02 Å². The average Bonchev–Trinajstić information content (AvgIpc) is 2.72. The summed E-state index contributed by atoms with van der Waals surface area (Å²) in [5.74, 6) is 0.651. The van der Waals surface area contributed by atoms with Gasteiger partial charge in [0.1, 0.15) is 5.82 Å². The van der Waals surface area contributed by atoms with Crippen molar-refractivity contribution >= 4 is 23.1 Å². The molecule has 96 valence electrons. The molecule has 19 heavy (non-hydrogen) atoms. The number of aromatic nitrogens is 2. The minimum atomic E-state index is 0.615. The predicted molar refractivity (Wildman–Crippen MR) is 78.6 cm³/mol. The second-order valence-electron chi connectivity index (χ2n) is 4.66. The van der Waals surface area contributed by atoms with Gasteiger partial charge in [0.25, 0.3) is 0 Å². The number of benzene rings is 1. The lowest BCUT2D eigenvalue weighted by Crippen LogP contribution is -1.97. The quantitative estimate of drug-likeness (QED) is 0.776. The molecule has 4 heteroatoms. The summed E-state index contributed by atoms with van der Waals surface area (Å²) in [5.41, 5.74) is 10.1. The third-order valence-electron chi connectivity index (χ3n) is 3.21. The lowest BCUT2D eigenvalue weighted by Gasteiger charge is -2.01. The molecule has 0 aliphatic carbocycles. The van der Waals surface area contributed by atoms with E-state index in [0.717, 1.165) is 5.69 Å². The van der Waals surface area contributed by atoms with Gasteiger partial charge in [-0.3, -0.25) is 4.40 Å². The van der Waals surface area contributed by atoms with Crippen molar-refractivity contribution in [1.29, 1.82) is 0 Å². The van der Waals surface area contributed by atoms with Crippen molar-refractivity contribution < 1.29 is 0 Å². The zero-order chi connectivity index (χ0) is 13.4. The molecule has 2 N–H and O–H groups in total. The van der Waals surface area contributed by atoms with Gasteiger partial charge in [-0.2, -0.15) is 0 Å². The topological polar surface area (TPSA) is 43.3 Å². The molecule has 0 spiro atoms. The molecule has 2 heterocycles. The Morgan fingerprint density at radius 1 is 1.21 bits per heavy atom. The fourth-order valence-electron chi connectivity index (χ4n) is 2.13. The van der Waals surface area contributed by atoms with Crippen LogP contribution in [-0.4, -0.2) is 9.38 Å². The molecule has 0 radical (unpaired) electrons.